The van der Waals surface area contributed by atoms with E-state index in [1.54, 1.807) is 0 Å². The average molecular weight is 553 g/mol. The molecule has 0 N–H and O–H groups in total. The van der Waals surface area contributed by atoms with Crippen molar-refractivity contribution in [2.75, 3.05) is 17.2 Å². The maximum Gasteiger partial charge on any atom is 0.379 e. The highest BCUT2D eigenvalue weighted by Crippen LogP contribution is 2.42. The predicted octanol–water partition coefficient (Wildman–Crippen LogP) is 6.11. The Hall–Kier alpha value is -4.40. The molecule has 0 saturated carbocycles. The number of rotatable bonds is 8. The molecule has 6 rings (SSSR count). The predicted molar refractivity (Wildman–Crippen MR) is 154 cm³/mol. The summed E-state index contributed by atoms with van der Waals surface area (Å²) < 4.78 is 47.9. The van der Waals surface area contributed by atoms with Gasteiger partial charge >= 0.3 is 5.89 Å². The molecule has 0 bridgehead atoms. The van der Waals surface area contributed by atoms with Gasteiger partial charge in [-0.3, -0.25) is 0 Å². The molecule has 4 aromatic carbocycles. The summed E-state index contributed by atoms with van der Waals surface area (Å²) >= 11 is 0. The van der Waals surface area contributed by atoms with Crippen LogP contribution < -0.4 is 14.2 Å². The number of anilines is 1. The van der Waals surface area contributed by atoms with Gasteiger partial charge < -0.3 is 18.6 Å². The fraction of sp³-hybridized carbons (Fsp3) is 0.156. The number of fused-ring (bicyclic) bond motifs is 2. The highest BCUT2D eigenvalue weighted by molar-refractivity contribution is 7.85. The van der Waals surface area contributed by atoms with Crippen LogP contribution in [0.4, 0.5) is 5.69 Å². The van der Waals surface area contributed by atoms with Crippen LogP contribution in [-0.4, -0.2) is 25.3 Å². The summed E-state index contributed by atoms with van der Waals surface area (Å²) in [7, 11) is -2.31. The first-order chi connectivity index (χ1) is 19.4. The Balaban J connectivity index is 1.35. The van der Waals surface area contributed by atoms with Crippen molar-refractivity contribution in [3.05, 3.63) is 109 Å². The number of nitrogens with zero attached hydrogens (tertiary/aromatic N) is 2. The van der Waals surface area contributed by atoms with Crippen molar-refractivity contribution in [2.24, 2.45) is 7.05 Å². The molecule has 0 spiro atoms. The van der Waals surface area contributed by atoms with Gasteiger partial charge in [-0.2, -0.15) is 4.57 Å². The number of benzene rings is 4. The van der Waals surface area contributed by atoms with Crippen molar-refractivity contribution in [2.45, 2.75) is 12.8 Å². The monoisotopic (exact) mass is 552 g/mol. The summed E-state index contributed by atoms with van der Waals surface area (Å²) in [6.45, 7) is 0.481. The normalized spacial score (nSPS) is 14.1. The third-order valence-corrected chi connectivity index (χ3v) is 7.87. The van der Waals surface area contributed by atoms with Crippen molar-refractivity contribution < 1.29 is 26.7 Å². The van der Waals surface area contributed by atoms with Gasteiger partial charge in [0.15, 0.2) is 5.75 Å². The van der Waals surface area contributed by atoms with E-state index in [1.807, 2.05) is 83.3 Å². The van der Waals surface area contributed by atoms with Crippen LogP contribution in [-0.2, 0) is 17.2 Å². The van der Waals surface area contributed by atoms with E-state index < -0.39 is 10.1 Å². The molecule has 40 heavy (non-hydrogen) atoms. The van der Waals surface area contributed by atoms with Crippen molar-refractivity contribution in [1.29, 1.82) is 0 Å². The van der Waals surface area contributed by atoms with Gasteiger partial charge in [0.2, 0.25) is 11.5 Å². The minimum atomic E-state index is -4.26. The molecule has 1 aliphatic rings. The lowest BCUT2D eigenvalue weighted by Crippen LogP contribution is -2.30. The molecule has 0 fully saturated rings. The lowest BCUT2D eigenvalue weighted by Gasteiger charge is -2.18. The van der Waals surface area contributed by atoms with Crippen LogP contribution in [0.2, 0.25) is 0 Å². The summed E-state index contributed by atoms with van der Waals surface area (Å²) in [6, 6.07) is 32.4. The number of aryl methyl sites for hydroxylation is 1. The largest absolute Gasteiger partial charge is 0.748 e. The second-order valence-corrected chi connectivity index (χ2v) is 11.3. The first kappa shape index (κ1) is 25.9. The molecule has 1 aliphatic heterocycles. The van der Waals surface area contributed by atoms with E-state index in [9.17, 15) is 13.0 Å². The van der Waals surface area contributed by atoms with Crippen LogP contribution >= 0.6 is 0 Å². The van der Waals surface area contributed by atoms with Gasteiger partial charge in [0.1, 0.15) is 13.1 Å². The smallest absolute Gasteiger partial charge is 0.379 e. The zero-order chi connectivity index (χ0) is 27.7. The van der Waals surface area contributed by atoms with Crippen LogP contribution in [0.15, 0.2) is 107 Å². The first-order valence-corrected chi connectivity index (χ1v) is 14.7. The third-order valence-electron chi connectivity index (χ3n) is 7.08. The molecule has 0 radical (unpaired) electrons. The summed E-state index contributed by atoms with van der Waals surface area (Å²) in [4.78, 5) is 2.02. The zero-order valence-electron chi connectivity index (χ0n) is 22.0. The van der Waals surface area contributed by atoms with Crippen LogP contribution in [0.3, 0.4) is 0 Å². The van der Waals surface area contributed by atoms with E-state index in [2.05, 4.69) is 36.4 Å². The summed E-state index contributed by atoms with van der Waals surface area (Å²) in [5, 5.41) is 0. The maximum absolute atomic E-state index is 11.1. The summed E-state index contributed by atoms with van der Waals surface area (Å²) in [5.41, 5.74) is 6.92. The Morgan fingerprint density at radius 2 is 1.48 bits per heavy atom. The molecule has 202 valence electrons. The van der Waals surface area contributed by atoms with E-state index in [0.717, 1.165) is 39.0 Å². The van der Waals surface area contributed by atoms with E-state index in [0.29, 0.717) is 30.5 Å². The minimum absolute atomic E-state index is 0.268. The Morgan fingerprint density at radius 1 is 0.825 bits per heavy atom. The Labute approximate surface area is 233 Å². The van der Waals surface area contributed by atoms with Gasteiger partial charge in [0.25, 0.3) is 5.52 Å². The Morgan fingerprint density at radius 3 is 2.15 bits per heavy atom. The molecule has 0 aliphatic carbocycles. The Kier molecular flexibility index (Phi) is 6.88. The van der Waals surface area contributed by atoms with Gasteiger partial charge in [-0.05, 0) is 53.3 Å². The van der Waals surface area contributed by atoms with Gasteiger partial charge in [0.05, 0.1) is 15.8 Å². The summed E-state index contributed by atoms with van der Waals surface area (Å²) in [5.74, 6) is 1.49. The van der Waals surface area contributed by atoms with Crippen LogP contribution in [0.5, 0.6) is 5.75 Å². The van der Waals surface area contributed by atoms with Gasteiger partial charge in [-0.25, -0.2) is 8.42 Å². The molecule has 0 atom stereocenters. The van der Waals surface area contributed by atoms with E-state index in [-0.39, 0.29) is 12.2 Å². The second-order valence-electron chi connectivity index (χ2n) is 9.80. The molecule has 7 nitrogen and oxygen atoms in total. The lowest BCUT2D eigenvalue weighted by molar-refractivity contribution is -0.652. The minimum Gasteiger partial charge on any atom is -0.748 e. The first-order valence-electron chi connectivity index (χ1n) is 13.1. The van der Waals surface area contributed by atoms with Crippen LogP contribution in [0.25, 0.3) is 39.4 Å². The molecule has 0 amide bonds. The van der Waals surface area contributed by atoms with E-state index in [4.69, 9.17) is 9.15 Å². The summed E-state index contributed by atoms with van der Waals surface area (Å²) in [6.07, 6.45) is 2.63. The average Bonchev–Trinajstić information content (AvgIpc) is 3.47. The molecule has 5 aromatic rings. The highest BCUT2D eigenvalue weighted by atomic mass is 32.2. The fourth-order valence-electron chi connectivity index (χ4n) is 5.01. The van der Waals surface area contributed by atoms with Gasteiger partial charge in [-0.15, -0.1) is 0 Å². The van der Waals surface area contributed by atoms with Crippen molar-refractivity contribution in [1.82, 2.24) is 0 Å². The molecular weight excluding hydrogens is 524 g/mol. The van der Waals surface area contributed by atoms with Crippen molar-refractivity contribution >= 4 is 33.0 Å². The fourth-order valence-corrected chi connectivity index (χ4v) is 5.56. The molecule has 0 unspecified atom stereocenters. The number of hydrogen-bond donors (Lipinski definition) is 0. The number of ether oxygens (including phenoxy) is 1. The van der Waals surface area contributed by atoms with Gasteiger partial charge in [0, 0.05) is 18.4 Å². The maximum atomic E-state index is 11.1. The van der Waals surface area contributed by atoms with Gasteiger partial charge in [-0.1, -0.05) is 72.8 Å². The third kappa shape index (κ3) is 5.36. The van der Waals surface area contributed by atoms with Crippen LogP contribution in [0, 0.1) is 0 Å². The second kappa shape index (κ2) is 10.6. The standard InChI is InChI=1S/C32H28N2O5S/c1-33-27-20-25(23-10-4-2-5-11-23)14-16-29(27)38-31(33)22-32-34(18-8-9-19-40(35,36)37)28-21-26(15-17-30(28)39-32)24-12-6-3-7-13-24/h2-7,10-17,20-22H,8-9,18-19H2,1H3. The SMILES string of the molecule is C[n+]1c(C=C2Oc3ccc(-c4ccccc4)cc3N2CCCCS(=O)(=O)[O-])oc2ccc(-c3ccccc3)cc21. The zero-order valence-corrected chi connectivity index (χ0v) is 22.8. The lowest BCUT2D eigenvalue weighted by atomic mass is 10.0. The molecule has 0 saturated heterocycles. The highest BCUT2D eigenvalue weighted by Gasteiger charge is 2.29. The molecule has 2 heterocycles. The van der Waals surface area contributed by atoms with E-state index in [1.165, 1.54) is 0 Å². The van der Waals surface area contributed by atoms with Crippen molar-refractivity contribution in [3.8, 4) is 28.0 Å². The number of aromatic nitrogens is 1. The Bertz CT molecular complexity index is 1810. The van der Waals surface area contributed by atoms with Crippen molar-refractivity contribution in [3.63, 3.8) is 0 Å². The number of oxazole rings is 1. The number of unbranched alkanes of at least 4 members (excludes halogenated alkanes) is 1. The molecule has 8 heteroatoms. The topological polar surface area (TPSA) is 86.7 Å². The number of hydrogen-bond acceptors (Lipinski definition) is 6. The van der Waals surface area contributed by atoms with E-state index >= 15 is 0 Å². The van der Waals surface area contributed by atoms with Crippen LogP contribution in [0.1, 0.15) is 18.7 Å². The molecular formula is C32H28N2O5S. The quantitative estimate of drug-likeness (QED) is 0.131. The molecule has 1 aromatic heterocycles.